The van der Waals surface area contributed by atoms with Crippen LogP contribution in [0.3, 0.4) is 0 Å². The molecule has 9 heavy (non-hydrogen) atoms. The van der Waals surface area contributed by atoms with Gasteiger partial charge >= 0.3 is 0 Å². The molecule has 3 heteroatoms. The van der Waals surface area contributed by atoms with Crippen LogP contribution in [0.25, 0.3) is 0 Å². The summed E-state index contributed by atoms with van der Waals surface area (Å²) in [5.74, 6) is 0. The maximum Gasteiger partial charge on any atom is 0.103 e. The quantitative estimate of drug-likeness (QED) is 0.459. The summed E-state index contributed by atoms with van der Waals surface area (Å²) in [6.07, 6.45) is 0. The van der Waals surface area contributed by atoms with E-state index in [0.29, 0.717) is 0 Å². The molecule has 1 aliphatic rings. The van der Waals surface area contributed by atoms with Gasteiger partial charge in [-0.3, -0.25) is 4.99 Å². The van der Waals surface area contributed by atoms with E-state index in [2.05, 4.69) is 15.2 Å². The topological polar surface area (TPSA) is 37.1 Å². The molecule has 0 atom stereocenters. The minimum absolute atomic E-state index is 0.912. The first-order chi connectivity index (χ1) is 4.25. The molecule has 0 amide bonds. The van der Waals surface area contributed by atoms with Gasteiger partial charge in [0.1, 0.15) is 5.71 Å². The van der Waals surface area contributed by atoms with Crippen LogP contribution in [0.2, 0.25) is 0 Å². The molecule has 0 radical (unpaired) electrons. The molecule has 48 valence electrons. The molecule has 1 rings (SSSR count). The van der Waals surface area contributed by atoms with E-state index in [9.17, 15) is 0 Å². The van der Waals surface area contributed by atoms with E-state index < -0.39 is 0 Å². The van der Waals surface area contributed by atoms with E-state index in [0.717, 1.165) is 17.1 Å². The number of rotatable bonds is 0. The maximum absolute atomic E-state index is 4.00. The Hall–Kier alpha value is -0.990. The van der Waals surface area contributed by atoms with E-state index in [1.54, 1.807) is 7.05 Å². The van der Waals surface area contributed by atoms with Crippen molar-refractivity contribution < 1.29 is 0 Å². The van der Waals surface area contributed by atoms with Gasteiger partial charge in [0.05, 0.1) is 11.4 Å². The summed E-state index contributed by atoms with van der Waals surface area (Å²) in [5, 5.41) is 7.69. The lowest BCUT2D eigenvalue weighted by atomic mass is 10.2. The summed E-state index contributed by atoms with van der Waals surface area (Å²) < 4.78 is 0. The van der Waals surface area contributed by atoms with Gasteiger partial charge < -0.3 is 0 Å². The van der Waals surface area contributed by atoms with Crippen LogP contribution >= 0.6 is 0 Å². The van der Waals surface area contributed by atoms with Crippen LogP contribution < -0.4 is 0 Å². The predicted octanol–water partition coefficient (Wildman–Crippen LogP) is 0.908. The van der Waals surface area contributed by atoms with Crippen LogP contribution in [-0.2, 0) is 0 Å². The lowest BCUT2D eigenvalue weighted by Gasteiger charge is -1.91. The highest BCUT2D eigenvalue weighted by atomic mass is 15.2. The normalized spacial score (nSPS) is 17.4. The first kappa shape index (κ1) is 6.13. The van der Waals surface area contributed by atoms with Crippen LogP contribution in [-0.4, -0.2) is 24.2 Å². The smallest absolute Gasteiger partial charge is 0.103 e. The van der Waals surface area contributed by atoms with Crippen molar-refractivity contribution in [1.82, 2.24) is 0 Å². The second-order valence-electron chi connectivity index (χ2n) is 1.94. The number of hydrogen-bond acceptors (Lipinski definition) is 3. The van der Waals surface area contributed by atoms with E-state index in [1.807, 2.05) is 13.8 Å². The highest BCUT2D eigenvalue weighted by Gasteiger charge is 2.11. The minimum Gasteiger partial charge on any atom is -0.285 e. The highest BCUT2D eigenvalue weighted by Crippen LogP contribution is 1.98. The summed E-state index contributed by atoms with van der Waals surface area (Å²) in [4.78, 5) is 4.00. The van der Waals surface area contributed by atoms with E-state index >= 15 is 0 Å². The van der Waals surface area contributed by atoms with Crippen molar-refractivity contribution in [3.63, 3.8) is 0 Å². The molecule has 0 spiro atoms. The predicted molar refractivity (Wildman–Crippen MR) is 39.6 cm³/mol. The van der Waals surface area contributed by atoms with Crippen molar-refractivity contribution in [2.45, 2.75) is 13.8 Å². The third-order valence-electron chi connectivity index (χ3n) is 1.26. The Bertz CT molecular complexity index is 190. The van der Waals surface area contributed by atoms with E-state index in [1.165, 1.54) is 0 Å². The van der Waals surface area contributed by atoms with Crippen molar-refractivity contribution in [2.24, 2.45) is 15.2 Å². The molecular weight excluding hydrogens is 114 g/mol. The summed E-state index contributed by atoms with van der Waals surface area (Å²) >= 11 is 0. The Morgan fingerprint density at radius 2 is 1.56 bits per heavy atom. The van der Waals surface area contributed by atoms with Gasteiger partial charge in [-0.2, -0.15) is 10.2 Å². The molecule has 1 aliphatic heterocycles. The Kier molecular flexibility index (Phi) is 1.42. The molecular formula is C6H9N3. The summed E-state index contributed by atoms with van der Waals surface area (Å²) in [7, 11) is 1.75. The number of hydrogen-bond donors (Lipinski definition) is 0. The molecule has 0 aliphatic carbocycles. The molecule has 0 aromatic carbocycles. The molecule has 0 saturated heterocycles. The van der Waals surface area contributed by atoms with Crippen LogP contribution in [0.15, 0.2) is 15.2 Å². The van der Waals surface area contributed by atoms with Gasteiger partial charge in [-0.05, 0) is 13.8 Å². The summed E-state index contributed by atoms with van der Waals surface area (Å²) in [6, 6.07) is 0. The van der Waals surface area contributed by atoms with Crippen LogP contribution in [0.1, 0.15) is 13.8 Å². The zero-order valence-electron chi connectivity index (χ0n) is 5.84. The largest absolute Gasteiger partial charge is 0.285 e. The second kappa shape index (κ2) is 2.09. The number of nitrogens with zero attached hydrogens (tertiary/aromatic N) is 3. The van der Waals surface area contributed by atoms with Gasteiger partial charge in [0, 0.05) is 7.05 Å². The molecule has 0 aromatic heterocycles. The molecule has 0 saturated carbocycles. The first-order valence-corrected chi connectivity index (χ1v) is 2.82. The molecule has 0 fully saturated rings. The summed E-state index contributed by atoms with van der Waals surface area (Å²) in [6.45, 7) is 3.81. The fourth-order valence-electron chi connectivity index (χ4n) is 0.830. The monoisotopic (exact) mass is 123 g/mol. The van der Waals surface area contributed by atoms with Crippen molar-refractivity contribution in [2.75, 3.05) is 7.05 Å². The molecule has 1 heterocycles. The average molecular weight is 123 g/mol. The number of aliphatic imine (C=N–C) groups is 1. The first-order valence-electron chi connectivity index (χ1n) is 2.82. The fourth-order valence-corrected chi connectivity index (χ4v) is 0.830. The second-order valence-corrected chi connectivity index (χ2v) is 1.94. The van der Waals surface area contributed by atoms with Crippen molar-refractivity contribution in [1.29, 1.82) is 0 Å². The van der Waals surface area contributed by atoms with E-state index in [4.69, 9.17) is 0 Å². The Morgan fingerprint density at radius 3 is 1.78 bits per heavy atom. The lowest BCUT2D eigenvalue weighted by molar-refractivity contribution is 1.26. The molecule has 0 N–H and O–H groups in total. The third-order valence-corrected chi connectivity index (χ3v) is 1.26. The minimum atomic E-state index is 0.912. The van der Waals surface area contributed by atoms with Crippen molar-refractivity contribution in [3.05, 3.63) is 0 Å². The van der Waals surface area contributed by atoms with Gasteiger partial charge in [-0.15, -0.1) is 0 Å². The zero-order chi connectivity index (χ0) is 6.85. The molecule has 0 unspecified atom stereocenters. The molecule has 3 nitrogen and oxygen atoms in total. The lowest BCUT2D eigenvalue weighted by Crippen LogP contribution is -2.13. The summed E-state index contributed by atoms with van der Waals surface area (Å²) in [5.41, 5.74) is 2.75. The van der Waals surface area contributed by atoms with E-state index in [-0.39, 0.29) is 0 Å². The van der Waals surface area contributed by atoms with Gasteiger partial charge in [0.2, 0.25) is 0 Å². The van der Waals surface area contributed by atoms with Crippen LogP contribution in [0.4, 0.5) is 0 Å². The van der Waals surface area contributed by atoms with Crippen molar-refractivity contribution in [3.8, 4) is 0 Å². The Morgan fingerprint density at radius 1 is 1.11 bits per heavy atom. The Balaban J connectivity index is 2.96. The Labute approximate surface area is 54.2 Å². The zero-order valence-corrected chi connectivity index (χ0v) is 5.84. The van der Waals surface area contributed by atoms with Crippen molar-refractivity contribution >= 4 is 17.1 Å². The highest BCUT2D eigenvalue weighted by molar-refractivity contribution is 6.69. The van der Waals surface area contributed by atoms with Gasteiger partial charge in [0.15, 0.2) is 0 Å². The molecule has 0 aromatic rings. The van der Waals surface area contributed by atoms with Crippen LogP contribution in [0.5, 0.6) is 0 Å². The SMILES string of the molecule is CN=C1C(C)=NN=C1C. The van der Waals surface area contributed by atoms with Crippen LogP contribution in [0, 0.1) is 0 Å². The van der Waals surface area contributed by atoms with Gasteiger partial charge in [-0.25, -0.2) is 0 Å². The molecule has 0 bridgehead atoms. The fraction of sp³-hybridized carbons (Fsp3) is 0.500. The van der Waals surface area contributed by atoms with Gasteiger partial charge in [-0.1, -0.05) is 0 Å². The van der Waals surface area contributed by atoms with Gasteiger partial charge in [0.25, 0.3) is 0 Å². The standard InChI is InChI=1S/C6H9N3/c1-4-6(7-3)5(2)9-8-4/h1-3H3. The average Bonchev–Trinajstić information content (AvgIpc) is 2.12. The third kappa shape index (κ3) is 0.896. The maximum atomic E-state index is 4.00.